The Morgan fingerprint density at radius 2 is 1.44 bits per heavy atom. The summed E-state index contributed by atoms with van der Waals surface area (Å²) in [6.45, 7) is 0. The molecule has 0 saturated heterocycles. The highest BCUT2D eigenvalue weighted by Crippen LogP contribution is 2.43. The molecule has 0 atom stereocenters. The highest BCUT2D eigenvalue weighted by atomic mass is 35.5. The Labute approximate surface area is 147 Å². The normalized spacial score (nSPS) is 12.2. The third-order valence-corrected chi connectivity index (χ3v) is 5.29. The molecule has 6 rings (SSSR count). The van der Waals surface area contributed by atoms with Crippen molar-refractivity contribution < 1.29 is 4.42 Å². The van der Waals surface area contributed by atoms with Crippen LogP contribution in [0.25, 0.3) is 54.5 Å². The quantitative estimate of drug-likeness (QED) is 0.316. The molecule has 0 fully saturated rings. The van der Waals surface area contributed by atoms with Gasteiger partial charge in [-0.1, -0.05) is 54.1 Å². The summed E-state index contributed by atoms with van der Waals surface area (Å²) in [6.07, 6.45) is 0. The van der Waals surface area contributed by atoms with Gasteiger partial charge in [-0.3, -0.25) is 0 Å². The zero-order chi connectivity index (χ0) is 16.5. The van der Waals surface area contributed by atoms with E-state index >= 15 is 0 Å². The van der Waals surface area contributed by atoms with Crippen molar-refractivity contribution in [2.24, 2.45) is 0 Å². The lowest BCUT2D eigenvalue weighted by atomic mass is 9.99. The van der Waals surface area contributed by atoms with Gasteiger partial charge in [-0.05, 0) is 29.0 Å². The van der Waals surface area contributed by atoms with E-state index in [1.54, 1.807) is 0 Å². The molecule has 0 radical (unpaired) electrons. The van der Waals surface area contributed by atoms with Gasteiger partial charge in [0, 0.05) is 38.2 Å². The first-order valence-electron chi connectivity index (χ1n) is 8.24. The molecule has 118 valence electrons. The average Bonchev–Trinajstić information content (AvgIpc) is 3.20. The van der Waals surface area contributed by atoms with Crippen molar-refractivity contribution in [2.45, 2.75) is 0 Å². The molecule has 0 unspecified atom stereocenters. The van der Waals surface area contributed by atoms with E-state index in [0.717, 1.165) is 33.0 Å². The molecule has 1 N–H and O–H groups in total. The second-order valence-electron chi connectivity index (χ2n) is 6.41. The van der Waals surface area contributed by atoms with Crippen molar-refractivity contribution in [1.82, 2.24) is 4.98 Å². The van der Waals surface area contributed by atoms with E-state index in [9.17, 15) is 0 Å². The molecule has 0 saturated carbocycles. The number of rotatable bonds is 0. The van der Waals surface area contributed by atoms with Gasteiger partial charge in [0.05, 0.1) is 5.52 Å². The number of para-hydroxylation sites is 1. The first-order valence-corrected chi connectivity index (χ1v) is 8.62. The molecule has 25 heavy (non-hydrogen) atoms. The van der Waals surface area contributed by atoms with Crippen LogP contribution in [0.5, 0.6) is 0 Å². The lowest BCUT2D eigenvalue weighted by Crippen LogP contribution is -1.78. The zero-order valence-corrected chi connectivity index (χ0v) is 13.9. The lowest BCUT2D eigenvalue weighted by molar-refractivity contribution is 0.672. The third kappa shape index (κ3) is 1.65. The van der Waals surface area contributed by atoms with Crippen LogP contribution in [-0.2, 0) is 0 Å². The van der Waals surface area contributed by atoms with Crippen molar-refractivity contribution in [3.05, 3.63) is 71.8 Å². The van der Waals surface area contributed by atoms with E-state index in [-0.39, 0.29) is 0 Å². The number of H-pyrrole nitrogens is 1. The minimum atomic E-state index is 0.684. The van der Waals surface area contributed by atoms with Gasteiger partial charge in [0.1, 0.15) is 5.58 Å². The summed E-state index contributed by atoms with van der Waals surface area (Å²) in [5, 5.41) is 7.79. The van der Waals surface area contributed by atoms with E-state index in [1.165, 1.54) is 21.5 Å². The highest BCUT2D eigenvalue weighted by molar-refractivity contribution is 6.35. The van der Waals surface area contributed by atoms with Crippen LogP contribution in [0, 0.1) is 0 Å². The number of fused-ring (bicyclic) bond motifs is 10. The Morgan fingerprint density at radius 3 is 2.28 bits per heavy atom. The van der Waals surface area contributed by atoms with Crippen LogP contribution < -0.4 is 0 Å². The standard InChI is InChI=1S/C22H12ClNO/c23-12-9-10-16-18(11-12)25-22-20(16)14-6-2-1-5-13(14)19-15-7-3-4-8-17(15)24-21(19)22/h1-11,24H. The first kappa shape index (κ1) is 13.3. The molecule has 2 nitrogen and oxygen atoms in total. The summed E-state index contributed by atoms with van der Waals surface area (Å²) in [7, 11) is 0. The van der Waals surface area contributed by atoms with Crippen molar-refractivity contribution >= 4 is 66.1 Å². The molecule has 0 aliphatic rings. The van der Waals surface area contributed by atoms with E-state index in [4.69, 9.17) is 16.0 Å². The van der Waals surface area contributed by atoms with Gasteiger partial charge in [0.15, 0.2) is 5.58 Å². The van der Waals surface area contributed by atoms with Crippen molar-refractivity contribution in [1.29, 1.82) is 0 Å². The zero-order valence-electron chi connectivity index (χ0n) is 13.1. The Bertz CT molecular complexity index is 1460. The number of hydrogen-bond acceptors (Lipinski definition) is 1. The van der Waals surface area contributed by atoms with E-state index in [1.807, 2.05) is 18.2 Å². The molecule has 4 aromatic carbocycles. The van der Waals surface area contributed by atoms with Gasteiger partial charge in [0.2, 0.25) is 0 Å². The lowest BCUT2D eigenvalue weighted by Gasteiger charge is -2.03. The van der Waals surface area contributed by atoms with Crippen LogP contribution in [0.15, 0.2) is 71.1 Å². The molecule has 0 spiro atoms. The minimum absolute atomic E-state index is 0.684. The van der Waals surface area contributed by atoms with Crippen molar-refractivity contribution in [3.63, 3.8) is 0 Å². The van der Waals surface area contributed by atoms with Gasteiger partial charge in [-0.25, -0.2) is 0 Å². The molecule has 0 aliphatic heterocycles. The summed E-state index contributed by atoms with van der Waals surface area (Å²) < 4.78 is 6.27. The molecule has 0 amide bonds. The smallest absolute Gasteiger partial charge is 0.160 e. The fraction of sp³-hybridized carbons (Fsp3) is 0. The highest BCUT2D eigenvalue weighted by Gasteiger charge is 2.18. The topological polar surface area (TPSA) is 28.9 Å². The molecule has 0 aliphatic carbocycles. The van der Waals surface area contributed by atoms with Gasteiger partial charge < -0.3 is 9.40 Å². The van der Waals surface area contributed by atoms with Gasteiger partial charge in [-0.15, -0.1) is 0 Å². The van der Waals surface area contributed by atoms with Gasteiger partial charge in [-0.2, -0.15) is 0 Å². The minimum Gasteiger partial charge on any atom is -0.454 e. The molecule has 0 bridgehead atoms. The number of aromatic amines is 1. The molecule has 2 heterocycles. The summed E-state index contributed by atoms with van der Waals surface area (Å²) in [4.78, 5) is 3.56. The van der Waals surface area contributed by atoms with Crippen LogP contribution in [0.4, 0.5) is 0 Å². The van der Waals surface area contributed by atoms with Gasteiger partial charge >= 0.3 is 0 Å². The van der Waals surface area contributed by atoms with Crippen LogP contribution >= 0.6 is 11.6 Å². The van der Waals surface area contributed by atoms with Gasteiger partial charge in [0.25, 0.3) is 0 Å². The predicted octanol–water partition coefficient (Wildman–Crippen LogP) is 7.03. The summed E-state index contributed by atoms with van der Waals surface area (Å²) in [5.74, 6) is 0. The second-order valence-corrected chi connectivity index (χ2v) is 6.85. The predicted molar refractivity (Wildman–Crippen MR) is 106 cm³/mol. The number of nitrogens with one attached hydrogen (secondary N) is 1. The summed E-state index contributed by atoms with van der Waals surface area (Å²) in [5.41, 5.74) is 3.87. The Morgan fingerprint density at radius 1 is 0.720 bits per heavy atom. The fourth-order valence-corrected chi connectivity index (χ4v) is 4.19. The maximum Gasteiger partial charge on any atom is 0.160 e. The molecular weight excluding hydrogens is 330 g/mol. The SMILES string of the molecule is Clc1ccc2c(c1)oc1c3[nH]c4ccccc4c3c3ccccc3c21. The van der Waals surface area contributed by atoms with E-state index in [2.05, 4.69) is 53.5 Å². The van der Waals surface area contributed by atoms with Crippen LogP contribution in [0.3, 0.4) is 0 Å². The van der Waals surface area contributed by atoms with Crippen molar-refractivity contribution in [2.75, 3.05) is 0 Å². The average molecular weight is 342 g/mol. The molecular formula is C22H12ClNO. The second kappa shape index (κ2) is 4.56. The number of benzene rings is 4. The monoisotopic (exact) mass is 341 g/mol. The maximum absolute atomic E-state index is 6.27. The van der Waals surface area contributed by atoms with Crippen LogP contribution in [-0.4, -0.2) is 4.98 Å². The Balaban J connectivity index is 2.04. The van der Waals surface area contributed by atoms with Crippen LogP contribution in [0.2, 0.25) is 5.02 Å². The Hall–Kier alpha value is -2.97. The number of furan rings is 1. The third-order valence-electron chi connectivity index (χ3n) is 5.05. The number of halogens is 1. The number of hydrogen-bond donors (Lipinski definition) is 1. The fourth-order valence-electron chi connectivity index (χ4n) is 4.03. The maximum atomic E-state index is 6.27. The number of aromatic nitrogens is 1. The van der Waals surface area contributed by atoms with Crippen molar-refractivity contribution in [3.8, 4) is 0 Å². The molecule has 3 heteroatoms. The van der Waals surface area contributed by atoms with E-state index < -0.39 is 0 Å². The molecule has 2 aromatic heterocycles. The molecule has 6 aromatic rings. The summed E-state index contributed by atoms with van der Waals surface area (Å²) in [6, 6.07) is 22.8. The van der Waals surface area contributed by atoms with Crippen LogP contribution in [0.1, 0.15) is 0 Å². The summed E-state index contributed by atoms with van der Waals surface area (Å²) >= 11 is 6.18. The Kier molecular flexibility index (Phi) is 2.43. The van der Waals surface area contributed by atoms with E-state index in [0.29, 0.717) is 5.02 Å². The largest absolute Gasteiger partial charge is 0.454 e. The first-order chi connectivity index (χ1) is 12.3.